The Bertz CT molecular complexity index is 1030. The lowest BCUT2D eigenvalue weighted by atomic mass is 9.97. The van der Waals surface area contributed by atoms with Crippen molar-refractivity contribution in [3.05, 3.63) is 41.6 Å². The Morgan fingerprint density at radius 2 is 2.12 bits per heavy atom. The summed E-state index contributed by atoms with van der Waals surface area (Å²) in [5, 5.41) is 1.40. The quantitative estimate of drug-likeness (QED) is 0.326. The third kappa shape index (κ3) is 3.25. The van der Waals surface area contributed by atoms with E-state index in [4.69, 9.17) is 4.98 Å². The monoisotopic (exact) mass is 454 g/mol. The van der Waals surface area contributed by atoms with Gasteiger partial charge < -0.3 is 0 Å². The number of carbonyl (C=O) groups excluding carboxylic acids is 1. The first-order valence-corrected chi connectivity index (χ1v) is 11.4. The summed E-state index contributed by atoms with van der Waals surface area (Å²) in [7, 11) is 1.75. The largest absolute Gasteiger partial charge is 0.292 e. The molecule has 0 saturated carbocycles. The molecule has 8 heteroatoms. The van der Waals surface area contributed by atoms with Crippen molar-refractivity contribution in [1.82, 2.24) is 9.55 Å². The van der Waals surface area contributed by atoms with Crippen LogP contribution >= 0.6 is 50.4 Å². The first-order valence-electron chi connectivity index (χ1n) is 7.97. The number of nitrogens with zero attached hydrogens (tertiary/aromatic N) is 2. The lowest BCUT2D eigenvalue weighted by molar-refractivity contribution is 0.102. The standard InChI is InChI=1S/C17H15BrN2O2S3/c1-20-16(22)14-9-4-2-3-5-11(9)25-15(14)19-17(20)23-8-10(21)12-6-7-13(18)24-12/h6-7H,2-5,8H2,1H3. The Hall–Kier alpha value is -0.960. The number of hydrogen-bond donors (Lipinski definition) is 0. The molecule has 4 nitrogen and oxygen atoms in total. The normalized spacial score (nSPS) is 14.0. The molecular formula is C17H15BrN2O2S3. The number of halogens is 1. The van der Waals surface area contributed by atoms with Gasteiger partial charge in [0.05, 0.1) is 19.8 Å². The summed E-state index contributed by atoms with van der Waals surface area (Å²) in [6.45, 7) is 0. The molecule has 0 spiro atoms. The van der Waals surface area contributed by atoms with E-state index in [1.807, 2.05) is 12.1 Å². The Kier molecular flexibility index (Phi) is 4.87. The fourth-order valence-electron chi connectivity index (χ4n) is 3.06. The van der Waals surface area contributed by atoms with Gasteiger partial charge in [0.1, 0.15) is 4.83 Å². The third-order valence-corrected chi connectivity index (χ3v) is 8.22. The van der Waals surface area contributed by atoms with Gasteiger partial charge in [0.25, 0.3) is 5.56 Å². The number of thioether (sulfide) groups is 1. The molecule has 130 valence electrons. The van der Waals surface area contributed by atoms with Crippen LogP contribution in [0.4, 0.5) is 0 Å². The second-order valence-electron chi connectivity index (χ2n) is 5.97. The predicted molar refractivity (Wildman–Crippen MR) is 109 cm³/mol. The van der Waals surface area contributed by atoms with Crippen LogP contribution < -0.4 is 5.56 Å². The van der Waals surface area contributed by atoms with E-state index in [1.54, 1.807) is 23.0 Å². The van der Waals surface area contributed by atoms with Gasteiger partial charge in [-0.3, -0.25) is 14.2 Å². The number of hydrogen-bond acceptors (Lipinski definition) is 6. The third-order valence-electron chi connectivity index (χ3n) is 4.34. The number of thiophene rings is 2. The number of Topliss-reactive ketones (excluding diaryl/α,β-unsaturated/α-hetero) is 1. The number of ketones is 1. The molecular weight excluding hydrogens is 440 g/mol. The molecule has 0 bridgehead atoms. The Morgan fingerprint density at radius 1 is 1.32 bits per heavy atom. The fraction of sp³-hybridized carbons (Fsp3) is 0.353. The molecule has 0 aromatic carbocycles. The van der Waals surface area contributed by atoms with Crippen LogP contribution in [-0.4, -0.2) is 21.1 Å². The van der Waals surface area contributed by atoms with Gasteiger partial charge in [0.2, 0.25) is 0 Å². The summed E-state index contributed by atoms with van der Waals surface area (Å²) in [4.78, 5) is 32.7. The minimum Gasteiger partial charge on any atom is -0.292 e. The second kappa shape index (κ2) is 6.98. The molecule has 25 heavy (non-hydrogen) atoms. The van der Waals surface area contributed by atoms with E-state index in [0.717, 1.165) is 38.1 Å². The van der Waals surface area contributed by atoms with Crippen LogP contribution in [-0.2, 0) is 19.9 Å². The van der Waals surface area contributed by atoms with Crippen molar-refractivity contribution >= 4 is 66.4 Å². The maximum absolute atomic E-state index is 12.8. The van der Waals surface area contributed by atoms with Crippen LogP contribution in [0.15, 0.2) is 25.9 Å². The smallest absolute Gasteiger partial charge is 0.262 e. The molecule has 0 N–H and O–H groups in total. The van der Waals surface area contributed by atoms with E-state index in [-0.39, 0.29) is 17.1 Å². The zero-order chi connectivity index (χ0) is 17.6. The zero-order valence-electron chi connectivity index (χ0n) is 13.5. The van der Waals surface area contributed by atoms with Crippen LogP contribution in [0.2, 0.25) is 0 Å². The molecule has 3 heterocycles. The summed E-state index contributed by atoms with van der Waals surface area (Å²) in [5.41, 5.74) is 1.22. The first kappa shape index (κ1) is 17.5. The summed E-state index contributed by atoms with van der Waals surface area (Å²) >= 11 is 7.78. The average Bonchev–Trinajstić information content (AvgIpc) is 3.19. The molecule has 0 atom stereocenters. The molecule has 1 aliphatic carbocycles. The molecule has 1 aliphatic rings. The van der Waals surface area contributed by atoms with E-state index in [1.165, 1.54) is 40.0 Å². The Labute approximate surface area is 165 Å². The highest BCUT2D eigenvalue weighted by atomic mass is 79.9. The van der Waals surface area contributed by atoms with Crippen molar-refractivity contribution in [3.63, 3.8) is 0 Å². The van der Waals surface area contributed by atoms with E-state index in [0.29, 0.717) is 5.16 Å². The highest BCUT2D eigenvalue weighted by Crippen LogP contribution is 2.34. The van der Waals surface area contributed by atoms with Crippen molar-refractivity contribution in [3.8, 4) is 0 Å². The maximum Gasteiger partial charge on any atom is 0.262 e. The van der Waals surface area contributed by atoms with E-state index in [2.05, 4.69) is 15.9 Å². The lowest BCUT2D eigenvalue weighted by Crippen LogP contribution is -2.21. The summed E-state index contributed by atoms with van der Waals surface area (Å²) < 4.78 is 2.53. The van der Waals surface area contributed by atoms with Crippen molar-refractivity contribution < 1.29 is 4.79 Å². The van der Waals surface area contributed by atoms with E-state index < -0.39 is 0 Å². The van der Waals surface area contributed by atoms with E-state index in [9.17, 15) is 9.59 Å². The van der Waals surface area contributed by atoms with Gasteiger partial charge in [-0.25, -0.2) is 4.98 Å². The second-order valence-corrected chi connectivity index (χ2v) is 10.5. The predicted octanol–water partition coefficient (Wildman–Crippen LogP) is 4.67. The van der Waals surface area contributed by atoms with Crippen molar-refractivity contribution in [2.45, 2.75) is 30.8 Å². The molecule has 0 unspecified atom stereocenters. The fourth-order valence-corrected chi connectivity index (χ4v) is 6.63. The van der Waals surface area contributed by atoms with Crippen molar-refractivity contribution in [2.75, 3.05) is 5.75 Å². The number of aryl methyl sites for hydroxylation is 2. The van der Waals surface area contributed by atoms with Gasteiger partial charge >= 0.3 is 0 Å². The Balaban J connectivity index is 1.65. The SMILES string of the molecule is Cn1c(SCC(=O)c2ccc(Br)s2)nc2sc3c(c2c1=O)CCCC3. The number of fused-ring (bicyclic) bond motifs is 3. The lowest BCUT2D eigenvalue weighted by Gasteiger charge is -2.10. The highest BCUT2D eigenvalue weighted by Gasteiger charge is 2.21. The van der Waals surface area contributed by atoms with Crippen LogP contribution in [0.3, 0.4) is 0 Å². The minimum absolute atomic E-state index is 0.0122. The number of aromatic nitrogens is 2. The van der Waals surface area contributed by atoms with Crippen LogP contribution in [0.25, 0.3) is 10.2 Å². The molecule has 0 saturated heterocycles. The molecule has 0 radical (unpaired) electrons. The zero-order valence-corrected chi connectivity index (χ0v) is 17.5. The topological polar surface area (TPSA) is 52.0 Å². The van der Waals surface area contributed by atoms with Gasteiger partial charge in [-0.1, -0.05) is 11.8 Å². The Morgan fingerprint density at radius 3 is 2.88 bits per heavy atom. The van der Waals surface area contributed by atoms with Crippen LogP contribution in [0.5, 0.6) is 0 Å². The van der Waals surface area contributed by atoms with Crippen LogP contribution in [0.1, 0.15) is 33.0 Å². The molecule has 0 aliphatic heterocycles. The maximum atomic E-state index is 12.8. The van der Waals surface area contributed by atoms with Gasteiger partial charge in [0, 0.05) is 11.9 Å². The summed E-state index contributed by atoms with van der Waals surface area (Å²) in [6.07, 6.45) is 4.36. The van der Waals surface area contributed by atoms with Crippen molar-refractivity contribution in [1.29, 1.82) is 0 Å². The summed E-state index contributed by atoms with van der Waals surface area (Å²) in [6, 6.07) is 3.69. The van der Waals surface area contributed by atoms with E-state index >= 15 is 0 Å². The molecule has 0 fully saturated rings. The molecule has 4 rings (SSSR count). The van der Waals surface area contributed by atoms with Gasteiger partial charge in [0.15, 0.2) is 10.9 Å². The van der Waals surface area contributed by atoms with Gasteiger partial charge in [-0.05, 0) is 59.3 Å². The molecule has 3 aromatic heterocycles. The van der Waals surface area contributed by atoms with Gasteiger partial charge in [-0.15, -0.1) is 22.7 Å². The number of rotatable bonds is 4. The molecule has 0 amide bonds. The minimum atomic E-state index is 0.0122. The van der Waals surface area contributed by atoms with Crippen molar-refractivity contribution in [2.24, 2.45) is 7.05 Å². The molecule has 3 aromatic rings. The summed E-state index contributed by atoms with van der Waals surface area (Å²) in [5.74, 6) is 0.338. The van der Waals surface area contributed by atoms with Crippen LogP contribution in [0, 0.1) is 0 Å². The van der Waals surface area contributed by atoms with Gasteiger partial charge in [-0.2, -0.15) is 0 Å². The number of carbonyl (C=O) groups is 1. The average molecular weight is 455 g/mol. The first-order chi connectivity index (χ1) is 12.0. The highest BCUT2D eigenvalue weighted by molar-refractivity contribution is 9.11.